The number of tetrazole rings is 1. The summed E-state index contributed by atoms with van der Waals surface area (Å²) >= 11 is 0. The lowest BCUT2D eigenvalue weighted by Gasteiger charge is -2.10. The molecule has 0 aliphatic rings. The second-order valence-electron chi connectivity index (χ2n) is 7.54. The SMILES string of the molecule is CCC#Cc1nc(C(F)(F)CCC)nn1Cc1ccc(-c2cccc(-c3nn[nH]n3)c2)cc1. The lowest BCUT2D eigenvalue weighted by Crippen LogP contribution is -2.15. The van der Waals surface area contributed by atoms with Crippen molar-refractivity contribution in [2.24, 2.45) is 0 Å². The molecule has 0 radical (unpaired) electrons. The quantitative estimate of drug-likeness (QED) is 0.410. The molecule has 2 heterocycles. The summed E-state index contributed by atoms with van der Waals surface area (Å²) in [7, 11) is 0. The predicted octanol–water partition coefficient (Wildman–Crippen LogP) is 4.83. The molecule has 9 heteroatoms. The highest BCUT2D eigenvalue weighted by Crippen LogP contribution is 2.30. The summed E-state index contributed by atoms with van der Waals surface area (Å²) in [5.41, 5.74) is 3.76. The number of rotatable bonds is 7. The molecule has 0 spiro atoms. The van der Waals surface area contributed by atoms with Crippen LogP contribution in [0, 0.1) is 11.8 Å². The Morgan fingerprint density at radius 2 is 1.82 bits per heavy atom. The molecule has 4 rings (SSSR count). The van der Waals surface area contributed by atoms with Gasteiger partial charge in [-0.05, 0) is 40.3 Å². The van der Waals surface area contributed by atoms with Crippen LogP contribution in [0.3, 0.4) is 0 Å². The van der Waals surface area contributed by atoms with E-state index in [0.29, 0.717) is 25.2 Å². The largest absolute Gasteiger partial charge is 0.308 e. The first kappa shape index (κ1) is 22.3. The average Bonchev–Trinajstić information content (AvgIpc) is 3.49. The fourth-order valence-corrected chi connectivity index (χ4v) is 3.39. The smallest absolute Gasteiger partial charge is 0.234 e. The van der Waals surface area contributed by atoms with Crippen molar-refractivity contribution in [1.29, 1.82) is 0 Å². The molecule has 0 bridgehead atoms. The zero-order valence-electron chi connectivity index (χ0n) is 18.4. The zero-order chi connectivity index (χ0) is 23.3. The van der Waals surface area contributed by atoms with Gasteiger partial charge in [-0.15, -0.1) is 15.3 Å². The number of benzene rings is 2. The number of aromatic amines is 1. The van der Waals surface area contributed by atoms with Crippen LogP contribution in [0.1, 0.15) is 50.3 Å². The Bertz CT molecular complexity index is 1270. The molecule has 0 saturated carbocycles. The Morgan fingerprint density at radius 3 is 2.52 bits per heavy atom. The highest BCUT2D eigenvalue weighted by Gasteiger charge is 2.36. The second kappa shape index (κ2) is 9.69. The first-order valence-electron chi connectivity index (χ1n) is 10.8. The van der Waals surface area contributed by atoms with E-state index in [0.717, 1.165) is 22.3 Å². The first-order chi connectivity index (χ1) is 16.0. The van der Waals surface area contributed by atoms with Crippen LogP contribution >= 0.6 is 0 Å². The van der Waals surface area contributed by atoms with Crippen LogP contribution in [-0.4, -0.2) is 35.4 Å². The molecule has 1 N–H and O–H groups in total. The van der Waals surface area contributed by atoms with Gasteiger partial charge >= 0.3 is 5.92 Å². The van der Waals surface area contributed by atoms with Gasteiger partial charge in [-0.3, -0.25) is 0 Å². The lowest BCUT2D eigenvalue weighted by atomic mass is 10.0. The maximum atomic E-state index is 14.4. The molecular formula is C24H23F2N7. The highest BCUT2D eigenvalue weighted by molar-refractivity contribution is 5.70. The van der Waals surface area contributed by atoms with Gasteiger partial charge in [0.15, 0.2) is 0 Å². The van der Waals surface area contributed by atoms with Gasteiger partial charge in [0.2, 0.25) is 17.5 Å². The van der Waals surface area contributed by atoms with E-state index < -0.39 is 11.7 Å². The molecule has 7 nitrogen and oxygen atoms in total. The molecule has 0 unspecified atom stereocenters. The summed E-state index contributed by atoms with van der Waals surface area (Å²) < 4.78 is 30.2. The van der Waals surface area contributed by atoms with E-state index in [1.165, 1.54) is 4.68 Å². The van der Waals surface area contributed by atoms with Crippen molar-refractivity contribution in [3.8, 4) is 34.4 Å². The third-order valence-electron chi connectivity index (χ3n) is 5.03. The number of hydrogen-bond acceptors (Lipinski definition) is 5. The van der Waals surface area contributed by atoms with E-state index in [-0.39, 0.29) is 12.2 Å². The molecule has 0 aliphatic carbocycles. The fourth-order valence-electron chi connectivity index (χ4n) is 3.39. The minimum Gasteiger partial charge on any atom is -0.234 e. The number of alkyl halides is 2. The van der Waals surface area contributed by atoms with Gasteiger partial charge in [0.1, 0.15) is 0 Å². The first-order valence-corrected chi connectivity index (χ1v) is 10.8. The molecule has 0 aliphatic heterocycles. The highest BCUT2D eigenvalue weighted by atomic mass is 19.3. The van der Waals surface area contributed by atoms with Crippen molar-refractivity contribution in [1.82, 2.24) is 35.4 Å². The normalized spacial score (nSPS) is 11.3. The van der Waals surface area contributed by atoms with E-state index in [9.17, 15) is 8.78 Å². The van der Waals surface area contributed by atoms with Gasteiger partial charge in [0, 0.05) is 18.4 Å². The summed E-state index contributed by atoms with van der Waals surface area (Å²) in [5.74, 6) is 2.99. The summed E-state index contributed by atoms with van der Waals surface area (Å²) in [4.78, 5) is 4.04. The minimum atomic E-state index is -3.07. The van der Waals surface area contributed by atoms with Crippen LogP contribution in [0.4, 0.5) is 8.78 Å². The van der Waals surface area contributed by atoms with Crippen LogP contribution in [0.2, 0.25) is 0 Å². The molecular weight excluding hydrogens is 424 g/mol. The Hall–Kier alpha value is -3.93. The Balaban J connectivity index is 1.58. The van der Waals surface area contributed by atoms with Gasteiger partial charge in [-0.25, -0.2) is 4.68 Å². The van der Waals surface area contributed by atoms with Crippen LogP contribution in [-0.2, 0) is 12.5 Å². The number of aromatic nitrogens is 7. The van der Waals surface area contributed by atoms with Crippen molar-refractivity contribution >= 4 is 0 Å². The van der Waals surface area contributed by atoms with Crippen LogP contribution in [0.25, 0.3) is 22.5 Å². The van der Waals surface area contributed by atoms with Crippen molar-refractivity contribution in [3.63, 3.8) is 0 Å². The van der Waals surface area contributed by atoms with Crippen LogP contribution < -0.4 is 0 Å². The third kappa shape index (κ3) is 5.12. The summed E-state index contributed by atoms with van der Waals surface area (Å²) in [5, 5.41) is 18.2. The molecule has 2 aromatic carbocycles. The van der Waals surface area contributed by atoms with E-state index in [4.69, 9.17) is 0 Å². The van der Waals surface area contributed by atoms with Gasteiger partial charge in [-0.2, -0.15) is 19.0 Å². The van der Waals surface area contributed by atoms with E-state index in [2.05, 4.69) is 42.5 Å². The maximum Gasteiger partial charge on any atom is 0.308 e. The Labute approximate surface area is 190 Å². The minimum absolute atomic E-state index is 0.250. The fraction of sp³-hybridized carbons (Fsp3) is 0.292. The van der Waals surface area contributed by atoms with Crippen molar-refractivity contribution in [2.75, 3.05) is 0 Å². The molecule has 33 heavy (non-hydrogen) atoms. The van der Waals surface area contributed by atoms with Crippen LogP contribution in [0.15, 0.2) is 48.5 Å². The molecule has 168 valence electrons. The topological polar surface area (TPSA) is 85.2 Å². The van der Waals surface area contributed by atoms with E-state index in [1.54, 1.807) is 6.92 Å². The summed E-state index contributed by atoms with van der Waals surface area (Å²) in [6, 6.07) is 15.7. The Kier molecular flexibility index (Phi) is 6.54. The number of halogens is 2. The third-order valence-corrected chi connectivity index (χ3v) is 5.03. The summed E-state index contributed by atoms with van der Waals surface area (Å²) in [6.45, 7) is 3.90. The number of hydrogen-bond donors (Lipinski definition) is 1. The van der Waals surface area contributed by atoms with E-state index in [1.807, 2.05) is 55.5 Å². The van der Waals surface area contributed by atoms with Gasteiger partial charge < -0.3 is 0 Å². The predicted molar refractivity (Wildman–Crippen MR) is 120 cm³/mol. The summed E-state index contributed by atoms with van der Waals surface area (Å²) in [6.07, 6.45) is 0.646. The van der Waals surface area contributed by atoms with Gasteiger partial charge in [0.25, 0.3) is 0 Å². The molecule has 0 amide bonds. The molecule has 0 saturated heterocycles. The van der Waals surface area contributed by atoms with Crippen molar-refractivity contribution < 1.29 is 8.78 Å². The molecule has 2 aromatic heterocycles. The van der Waals surface area contributed by atoms with Gasteiger partial charge in [0.05, 0.1) is 6.54 Å². The monoisotopic (exact) mass is 447 g/mol. The zero-order valence-corrected chi connectivity index (χ0v) is 18.4. The molecule has 0 atom stereocenters. The number of nitrogens with zero attached hydrogens (tertiary/aromatic N) is 6. The molecule has 4 aromatic rings. The Morgan fingerprint density at radius 1 is 1.03 bits per heavy atom. The number of nitrogens with one attached hydrogen (secondary N) is 1. The number of H-pyrrole nitrogens is 1. The second-order valence-corrected chi connectivity index (χ2v) is 7.54. The molecule has 0 fully saturated rings. The lowest BCUT2D eigenvalue weighted by molar-refractivity contribution is -0.0232. The van der Waals surface area contributed by atoms with Gasteiger partial charge in [-0.1, -0.05) is 62.2 Å². The van der Waals surface area contributed by atoms with Crippen LogP contribution in [0.5, 0.6) is 0 Å². The standard InChI is InChI=1S/C24H23F2N7/c1-3-5-9-21-27-23(24(25,26)14-4-2)30-33(21)16-17-10-12-18(13-11-17)19-7-6-8-20(15-19)22-28-31-32-29-22/h6-8,10-13,15H,3-4,14,16H2,1-2H3,(H,28,29,31,32). The van der Waals surface area contributed by atoms with E-state index >= 15 is 0 Å². The van der Waals surface area contributed by atoms with Crippen molar-refractivity contribution in [3.05, 3.63) is 65.7 Å². The maximum absolute atomic E-state index is 14.4. The van der Waals surface area contributed by atoms with Crippen molar-refractivity contribution in [2.45, 2.75) is 45.6 Å². The average molecular weight is 447 g/mol.